The number of likely N-dealkylation sites (tertiary alicyclic amines) is 1. The van der Waals surface area contributed by atoms with E-state index in [9.17, 15) is 23.1 Å². The third-order valence-corrected chi connectivity index (χ3v) is 3.32. The standard InChI is InChI=1S/C14H16F3NO3/c1-9(13(20)18-7-6-10(19)8-18)21-12-5-3-2-4-11(12)14(15,16)17/h2-5,9-10,19H,6-8H2,1H3/t9?,10-/m0/s1. The maximum atomic E-state index is 12.8. The van der Waals surface area contributed by atoms with Crippen LogP contribution in [0.4, 0.5) is 13.2 Å². The van der Waals surface area contributed by atoms with Crippen LogP contribution in [0.3, 0.4) is 0 Å². The molecule has 1 unspecified atom stereocenters. The minimum atomic E-state index is -4.54. The molecule has 21 heavy (non-hydrogen) atoms. The summed E-state index contributed by atoms with van der Waals surface area (Å²) < 4.78 is 43.7. The first-order valence-electron chi connectivity index (χ1n) is 6.59. The van der Waals surface area contributed by atoms with Gasteiger partial charge in [0.2, 0.25) is 0 Å². The molecule has 1 fully saturated rings. The van der Waals surface area contributed by atoms with Crippen molar-refractivity contribution in [1.82, 2.24) is 4.90 Å². The smallest absolute Gasteiger partial charge is 0.419 e. The summed E-state index contributed by atoms with van der Waals surface area (Å²) in [6.07, 6.45) is -5.69. The Morgan fingerprint density at radius 3 is 2.67 bits per heavy atom. The predicted molar refractivity (Wildman–Crippen MR) is 68.7 cm³/mol. The van der Waals surface area contributed by atoms with E-state index in [0.29, 0.717) is 13.0 Å². The van der Waals surface area contributed by atoms with Gasteiger partial charge >= 0.3 is 6.18 Å². The highest BCUT2D eigenvalue weighted by Crippen LogP contribution is 2.36. The van der Waals surface area contributed by atoms with E-state index in [1.54, 1.807) is 0 Å². The number of alkyl halides is 3. The molecule has 0 spiro atoms. The molecule has 1 N–H and O–H groups in total. The highest BCUT2D eigenvalue weighted by molar-refractivity contribution is 5.81. The summed E-state index contributed by atoms with van der Waals surface area (Å²) in [6, 6.07) is 4.78. The molecule has 0 saturated carbocycles. The molecule has 0 bridgehead atoms. The van der Waals surface area contributed by atoms with Crippen LogP contribution >= 0.6 is 0 Å². The number of nitrogens with zero attached hydrogens (tertiary/aromatic N) is 1. The van der Waals surface area contributed by atoms with E-state index in [2.05, 4.69) is 0 Å². The lowest BCUT2D eigenvalue weighted by molar-refractivity contribution is -0.143. The van der Waals surface area contributed by atoms with Crippen molar-refractivity contribution in [2.45, 2.75) is 31.7 Å². The number of benzene rings is 1. The molecule has 0 aliphatic carbocycles. The molecule has 7 heteroatoms. The van der Waals surface area contributed by atoms with E-state index in [1.165, 1.54) is 30.0 Å². The molecule has 0 radical (unpaired) electrons. The fourth-order valence-electron chi connectivity index (χ4n) is 2.24. The molecule has 1 aromatic carbocycles. The molecule has 4 nitrogen and oxygen atoms in total. The highest BCUT2D eigenvalue weighted by atomic mass is 19.4. The van der Waals surface area contributed by atoms with Crippen LogP contribution < -0.4 is 4.74 Å². The fourth-order valence-corrected chi connectivity index (χ4v) is 2.24. The van der Waals surface area contributed by atoms with Gasteiger partial charge in [0.1, 0.15) is 5.75 Å². The number of halogens is 3. The van der Waals surface area contributed by atoms with Crippen molar-refractivity contribution in [3.8, 4) is 5.75 Å². The van der Waals surface area contributed by atoms with Gasteiger partial charge in [-0.15, -0.1) is 0 Å². The number of aliphatic hydroxyl groups excluding tert-OH is 1. The summed E-state index contributed by atoms with van der Waals surface area (Å²) in [7, 11) is 0. The Hall–Kier alpha value is -1.76. The molecular formula is C14H16F3NO3. The van der Waals surface area contributed by atoms with Crippen molar-refractivity contribution in [1.29, 1.82) is 0 Å². The molecule has 1 saturated heterocycles. The highest BCUT2D eigenvalue weighted by Gasteiger charge is 2.35. The number of hydrogen-bond acceptors (Lipinski definition) is 3. The Morgan fingerprint density at radius 2 is 2.10 bits per heavy atom. The summed E-state index contributed by atoms with van der Waals surface area (Å²) in [5.41, 5.74) is -0.911. The van der Waals surface area contributed by atoms with Gasteiger partial charge in [-0.3, -0.25) is 4.79 Å². The summed E-state index contributed by atoms with van der Waals surface area (Å²) in [6.45, 7) is 1.97. The monoisotopic (exact) mass is 303 g/mol. The largest absolute Gasteiger partial charge is 0.480 e. The van der Waals surface area contributed by atoms with Crippen molar-refractivity contribution in [2.75, 3.05) is 13.1 Å². The van der Waals surface area contributed by atoms with E-state index in [-0.39, 0.29) is 12.3 Å². The molecule has 2 rings (SSSR count). The lowest BCUT2D eigenvalue weighted by Gasteiger charge is -2.22. The summed E-state index contributed by atoms with van der Waals surface area (Å²) in [5.74, 6) is -0.797. The van der Waals surface area contributed by atoms with Gasteiger partial charge in [0.25, 0.3) is 5.91 Å². The number of para-hydroxylation sites is 1. The average Bonchev–Trinajstić information content (AvgIpc) is 2.84. The number of aliphatic hydroxyl groups is 1. The SMILES string of the molecule is CC(Oc1ccccc1C(F)(F)F)C(=O)N1CC[C@H](O)C1. The molecule has 1 aliphatic heterocycles. The van der Waals surface area contributed by atoms with E-state index in [0.717, 1.165) is 6.07 Å². The molecule has 116 valence electrons. The number of carbonyl (C=O) groups excluding carboxylic acids is 1. The van der Waals surface area contributed by atoms with E-state index in [1.807, 2.05) is 0 Å². The maximum Gasteiger partial charge on any atom is 0.419 e. The number of amides is 1. The normalized spacial score (nSPS) is 20.4. The van der Waals surface area contributed by atoms with Gasteiger partial charge in [-0.05, 0) is 25.5 Å². The van der Waals surface area contributed by atoms with Crippen molar-refractivity contribution in [2.24, 2.45) is 0 Å². The fraction of sp³-hybridized carbons (Fsp3) is 0.500. The summed E-state index contributed by atoms with van der Waals surface area (Å²) in [4.78, 5) is 13.5. The van der Waals surface area contributed by atoms with Crippen LogP contribution in [-0.4, -0.2) is 41.2 Å². The number of rotatable bonds is 3. The van der Waals surface area contributed by atoms with Crippen molar-refractivity contribution in [3.63, 3.8) is 0 Å². The van der Waals surface area contributed by atoms with E-state index in [4.69, 9.17) is 4.74 Å². The number of hydrogen-bond donors (Lipinski definition) is 1. The van der Waals surface area contributed by atoms with Gasteiger partial charge in [0.05, 0.1) is 11.7 Å². The number of carbonyl (C=O) groups is 1. The summed E-state index contributed by atoms with van der Waals surface area (Å²) >= 11 is 0. The Bertz CT molecular complexity index is 518. The maximum absolute atomic E-state index is 12.8. The van der Waals surface area contributed by atoms with E-state index < -0.39 is 29.9 Å². The zero-order valence-electron chi connectivity index (χ0n) is 11.4. The van der Waals surface area contributed by atoms with Crippen LogP contribution in [0.2, 0.25) is 0 Å². The van der Waals surface area contributed by atoms with Crippen LogP contribution in [0.1, 0.15) is 18.9 Å². The minimum Gasteiger partial charge on any atom is -0.480 e. The second kappa shape index (κ2) is 5.93. The molecule has 0 aromatic heterocycles. The van der Waals surface area contributed by atoms with Gasteiger partial charge in [-0.2, -0.15) is 13.2 Å². The van der Waals surface area contributed by atoms with Crippen LogP contribution in [0.5, 0.6) is 5.75 Å². The van der Waals surface area contributed by atoms with Crippen LogP contribution in [0, 0.1) is 0 Å². The Labute approximate surface area is 120 Å². The van der Waals surface area contributed by atoms with Gasteiger partial charge in [-0.1, -0.05) is 12.1 Å². The molecule has 1 heterocycles. The zero-order chi connectivity index (χ0) is 15.6. The molecule has 2 atom stereocenters. The predicted octanol–water partition coefficient (Wildman–Crippen LogP) is 2.07. The molecular weight excluding hydrogens is 287 g/mol. The third kappa shape index (κ3) is 3.66. The Morgan fingerprint density at radius 1 is 1.43 bits per heavy atom. The molecule has 1 aromatic rings. The van der Waals surface area contributed by atoms with Gasteiger partial charge in [0, 0.05) is 13.1 Å². The van der Waals surface area contributed by atoms with Crippen LogP contribution in [0.25, 0.3) is 0 Å². The van der Waals surface area contributed by atoms with Crippen molar-refractivity contribution in [3.05, 3.63) is 29.8 Å². The van der Waals surface area contributed by atoms with Gasteiger partial charge in [0.15, 0.2) is 6.10 Å². The van der Waals surface area contributed by atoms with Gasteiger partial charge < -0.3 is 14.7 Å². The first-order chi connectivity index (χ1) is 9.79. The van der Waals surface area contributed by atoms with E-state index >= 15 is 0 Å². The van der Waals surface area contributed by atoms with Crippen LogP contribution in [0.15, 0.2) is 24.3 Å². The second-order valence-electron chi connectivity index (χ2n) is 4.98. The first kappa shape index (κ1) is 15.6. The lowest BCUT2D eigenvalue weighted by atomic mass is 10.2. The minimum absolute atomic E-state index is 0.188. The zero-order valence-corrected chi connectivity index (χ0v) is 11.4. The number of β-amino-alcohol motifs (C(OH)–C–C–N with tert-alkyl or cyclic N) is 1. The molecule has 1 aliphatic rings. The lowest BCUT2D eigenvalue weighted by Crippen LogP contribution is -2.39. The van der Waals surface area contributed by atoms with Gasteiger partial charge in [-0.25, -0.2) is 0 Å². The average molecular weight is 303 g/mol. The van der Waals surface area contributed by atoms with Crippen molar-refractivity contribution < 1.29 is 27.8 Å². The third-order valence-electron chi connectivity index (χ3n) is 3.32. The quantitative estimate of drug-likeness (QED) is 0.930. The Balaban J connectivity index is 2.09. The molecule has 1 amide bonds. The number of ether oxygens (including phenoxy) is 1. The van der Waals surface area contributed by atoms with Crippen molar-refractivity contribution >= 4 is 5.91 Å². The first-order valence-corrected chi connectivity index (χ1v) is 6.59. The summed E-state index contributed by atoms with van der Waals surface area (Å²) in [5, 5.41) is 9.39. The van der Waals surface area contributed by atoms with Crippen LogP contribution in [-0.2, 0) is 11.0 Å². The second-order valence-corrected chi connectivity index (χ2v) is 4.98. The Kier molecular flexibility index (Phi) is 4.41. The topological polar surface area (TPSA) is 49.8 Å².